The molecule has 1 aliphatic rings. The van der Waals surface area contributed by atoms with Crippen LogP contribution in [0.15, 0.2) is 0 Å². The van der Waals surface area contributed by atoms with E-state index in [1.807, 2.05) is 27.7 Å². The molecule has 1 saturated carbocycles. The first kappa shape index (κ1) is 12.7. The van der Waals surface area contributed by atoms with E-state index in [2.05, 4.69) is 13.8 Å². The second-order valence-electron chi connectivity index (χ2n) is 6.86. The third-order valence-corrected chi connectivity index (χ3v) is 4.07. The van der Waals surface area contributed by atoms with Crippen LogP contribution < -0.4 is 0 Å². The van der Waals surface area contributed by atoms with E-state index in [1.165, 1.54) is 0 Å². The van der Waals surface area contributed by atoms with Gasteiger partial charge < -0.3 is 5.11 Å². The summed E-state index contributed by atoms with van der Waals surface area (Å²) in [6.07, 6.45) is 1.01. The molecular formula is C13H24O2. The van der Waals surface area contributed by atoms with Gasteiger partial charge in [0.25, 0.3) is 0 Å². The largest absolute Gasteiger partial charge is 0.393 e. The number of carbonyl (C=O) groups is 1. The number of aliphatic hydroxyl groups excluding tert-OH is 1. The summed E-state index contributed by atoms with van der Waals surface area (Å²) in [5, 5.41) is 9.76. The zero-order valence-corrected chi connectivity index (χ0v) is 10.8. The minimum absolute atomic E-state index is 0.100. The quantitative estimate of drug-likeness (QED) is 0.725. The zero-order chi connectivity index (χ0) is 12.1. The molecule has 2 heteroatoms. The van der Waals surface area contributed by atoms with Crippen molar-refractivity contribution in [2.45, 2.75) is 60.5 Å². The predicted octanol–water partition coefficient (Wildman–Crippen LogP) is 2.79. The van der Waals surface area contributed by atoms with Crippen LogP contribution in [-0.2, 0) is 4.79 Å². The lowest BCUT2D eigenvalue weighted by molar-refractivity contribution is -0.141. The van der Waals surface area contributed by atoms with Gasteiger partial charge in [0.05, 0.1) is 6.10 Å². The van der Waals surface area contributed by atoms with Crippen LogP contribution >= 0.6 is 0 Å². The van der Waals surface area contributed by atoms with E-state index in [0.29, 0.717) is 6.42 Å². The highest BCUT2D eigenvalue weighted by Gasteiger charge is 2.55. The maximum absolute atomic E-state index is 12.4. The van der Waals surface area contributed by atoms with Crippen LogP contribution in [0, 0.1) is 16.2 Å². The summed E-state index contributed by atoms with van der Waals surface area (Å²) in [5.41, 5.74) is -0.808. The van der Waals surface area contributed by atoms with E-state index in [-0.39, 0.29) is 28.1 Å². The fourth-order valence-electron chi connectivity index (χ4n) is 2.86. The fraction of sp³-hybridized carbons (Fsp3) is 0.923. The van der Waals surface area contributed by atoms with Crippen LogP contribution in [0.1, 0.15) is 54.4 Å². The molecule has 0 radical (unpaired) electrons. The molecule has 0 aromatic carbocycles. The summed E-state index contributed by atoms with van der Waals surface area (Å²) in [4.78, 5) is 12.4. The van der Waals surface area contributed by atoms with Crippen molar-refractivity contribution >= 4 is 5.78 Å². The molecule has 15 heavy (non-hydrogen) atoms. The van der Waals surface area contributed by atoms with Crippen molar-refractivity contribution in [2.24, 2.45) is 16.2 Å². The molecule has 88 valence electrons. The molecule has 2 unspecified atom stereocenters. The lowest BCUT2D eigenvalue weighted by atomic mass is 9.61. The summed E-state index contributed by atoms with van der Waals surface area (Å²) in [6, 6.07) is 0. The molecule has 0 bridgehead atoms. The maximum atomic E-state index is 12.4. The Bertz CT molecular complexity index is 273. The lowest BCUT2D eigenvalue weighted by Crippen LogP contribution is -2.43. The Morgan fingerprint density at radius 3 is 1.93 bits per heavy atom. The first-order valence-corrected chi connectivity index (χ1v) is 5.74. The average molecular weight is 212 g/mol. The molecule has 0 saturated heterocycles. The Labute approximate surface area is 93.1 Å². The van der Waals surface area contributed by atoms with Gasteiger partial charge in [0.15, 0.2) is 0 Å². The Kier molecular flexibility index (Phi) is 2.80. The van der Waals surface area contributed by atoms with Gasteiger partial charge in [-0.25, -0.2) is 0 Å². The number of hydrogen-bond acceptors (Lipinski definition) is 2. The molecule has 0 aromatic heterocycles. The van der Waals surface area contributed by atoms with E-state index in [4.69, 9.17) is 0 Å². The smallest absolute Gasteiger partial charge is 0.144 e. The van der Waals surface area contributed by atoms with Gasteiger partial charge >= 0.3 is 0 Å². The van der Waals surface area contributed by atoms with Crippen LogP contribution in [0.5, 0.6) is 0 Å². The van der Waals surface area contributed by atoms with Crippen molar-refractivity contribution in [1.29, 1.82) is 0 Å². The summed E-state index contributed by atoms with van der Waals surface area (Å²) in [7, 11) is 0. The average Bonchev–Trinajstić information content (AvgIpc) is 2.18. The standard InChI is InChI=1S/C13H24O2/c1-11(2,3)10(15)13(6)8-9(14)7-12(13,4)5/h9,14H,7-8H2,1-6H3. The highest BCUT2D eigenvalue weighted by Crippen LogP contribution is 2.55. The summed E-state index contributed by atoms with van der Waals surface area (Å²) in [6.45, 7) is 12.1. The second-order valence-corrected chi connectivity index (χ2v) is 6.86. The molecule has 1 aliphatic carbocycles. The Hall–Kier alpha value is -0.370. The highest BCUT2D eigenvalue weighted by molar-refractivity contribution is 5.90. The summed E-state index contributed by atoms with van der Waals surface area (Å²) < 4.78 is 0. The molecule has 1 rings (SSSR count). The summed E-state index contributed by atoms with van der Waals surface area (Å²) >= 11 is 0. The van der Waals surface area contributed by atoms with Crippen LogP contribution in [0.3, 0.4) is 0 Å². The Morgan fingerprint density at radius 1 is 1.20 bits per heavy atom. The molecule has 0 spiro atoms. The molecule has 0 amide bonds. The van der Waals surface area contributed by atoms with Crippen molar-refractivity contribution in [1.82, 2.24) is 0 Å². The number of ketones is 1. The number of carbonyl (C=O) groups excluding carboxylic acids is 1. The van der Waals surface area contributed by atoms with E-state index in [1.54, 1.807) is 0 Å². The van der Waals surface area contributed by atoms with Crippen molar-refractivity contribution < 1.29 is 9.90 Å². The molecule has 1 fully saturated rings. The number of Topliss-reactive ketones (excluding diaryl/α,β-unsaturated/α-hetero) is 1. The van der Waals surface area contributed by atoms with Crippen molar-refractivity contribution in [3.8, 4) is 0 Å². The molecule has 2 atom stereocenters. The molecule has 0 aromatic rings. The minimum Gasteiger partial charge on any atom is -0.393 e. The van der Waals surface area contributed by atoms with Crippen LogP contribution in [-0.4, -0.2) is 17.0 Å². The van der Waals surface area contributed by atoms with Gasteiger partial charge in [0.2, 0.25) is 0 Å². The van der Waals surface area contributed by atoms with Gasteiger partial charge in [0, 0.05) is 10.8 Å². The van der Waals surface area contributed by atoms with Gasteiger partial charge in [-0.1, -0.05) is 41.5 Å². The minimum atomic E-state index is -0.384. The Morgan fingerprint density at radius 2 is 1.67 bits per heavy atom. The normalized spacial score (nSPS) is 35.5. The van der Waals surface area contributed by atoms with Crippen molar-refractivity contribution in [3.05, 3.63) is 0 Å². The summed E-state index contributed by atoms with van der Waals surface area (Å²) in [5.74, 6) is 0.275. The topological polar surface area (TPSA) is 37.3 Å². The molecule has 0 heterocycles. The fourth-order valence-corrected chi connectivity index (χ4v) is 2.86. The first-order chi connectivity index (χ1) is 6.51. The van der Waals surface area contributed by atoms with Crippen LogP contribution in [0.4, 0.5) is 0 Å². The maximum Gasteiger partial charge on any atom is 0.144 e. The van der Waals surface area contributed by atoms with E-state index < -0.39 is 0 Å². The number of rotatable bonds is 1. The molecular weight excluding hydrogens is 188 g/mol. The van der Waals surface area contributed by atoms with Crippen LogP contribution in [0.25, 0.3) is 0 Å². The zero-order valence-electron chi connectivity index (χ0n) is 10.8. The van der Waals surface area contributed by atoms with Gasteiger partial charge in [-0.05, 0) is 18.3 Å². The van der Waals surface area contributed by atoms with E-state index >= 15 is 0 Å². The number of aliphatic hydroxyl groups is 1. The van der Waals surface area contributed by atoms with E-state index in [0.717, 1.165) is 6.42 Å². The number of hydrogen-bond donors (Lipinski definition) is 1. The van der Waals surface area contributed by atoms with Crippen molar-refractivity contribution in [3.63, 3.8) is 0 Å². The van der Waals surface area contributed by atoms with Gasteiger partial charge in [-0.3, -0.25) is 4.79 Å². The van der Waals surface area contributed by atoms with Gasteiger partial charge in [-0.15, -0.1) is 0 Å². The third kappa shape index (κ3) is 1.96. The first-order valence-electron chi connectivity index (χ1n) is 5.74. The highest BCUT2D eigenvalue weighted by atomic mass is 16.3. The van der Waals surface area contributed by atoms with Crippen LogP contribution in [0.2, 0.25) is 0 Å². The second kappa shape index (κ2) is 3.31. The van der Waals surface area contributed by atoms with Gasteiger partial charge in [-0.2, -0.15) is 0 Å². The molecule has 2 nitrogen and oxygen atoms in total. The van der Waals surface area contributed by atoms with Gasteiger partial charge in [0.1, 0.15) is 5.78 Å². The molecule has 0 aliphatic heterocycles. The monoisotopic (exact) mass is 212 g/mol. The predicted molar refractivity (Wildman–Crippen MR) is 61.6 cm³/mol. The van der Waals surface area contributed by atoms with Crippen molar-refractivity contribution in [2.75, 3.05) is 0 Å². The molecule has 1 N–H and O–H groups in total. The van der Waals surface area contributed by atoms with E-state index in [9.17, 15) is 9.90 Å². The lowest BCUT2D eigenvalue weighted by Gasteiger charge is -2.40. The SMILES string of the molecule is CC(C)(C)C(=O)C1(C)CC(O)CC1(C)C. The Balaban J connectivity index is 3.07. The third-order valence-electron chi connectivity index (χ3n) is 4.07.